The lowest BCUT2D eigenvalue weighted by atomic mass is 10.2. The van der Waals surface area contributed by atoms with E-state index in [0.717, 1.165) is 22.5 Å². The number of hydrogen-bond acceptors (Lipinski definition) is 5. The van der Waals surface area contributed by atoms with Crippen LogP contribution < -0.4 is 9.62 Å². The molecule has 0 spiro atoms. The van der Waals surface area contributed by atoms with Crippen molar-refractivity contribution in [3.05, 3.63) is 83.0 Å². The van der Waals surface area contributed by atoms with E-state index in [-0.39, 0.29) is 28.7 Å². The average molecular weight is 500 g/mol. The Balaban J connectivity index is 2.03. The van der Waals surface area contributed by atoms with E-state index in [2.05, 4.69) is 17.1 Å². The number of nitrogens with zero attached hydrogens (tertiary/aromatic N) is 2. The molecule has 0 radical (unpaired) electrons. The molecule has 0 aliphatic heterocycles. The van der Waals surface area contributed by atoms with E-state index in [0.29, 0.717) is 11.8 Å². The van der Waals surface area contributed by atoms with Crippen molar-refractivity contribution in [1.29, 1.82) is 0 Å². The number of anilines is 2. The van der Waals surface area contributed by atoms with Crippen LogP contribution >= 0.6 is 11.6 Å². The second-order valence-electron chi connectivity index (χ2n) is 6.80. The molecule has 0 fully saturated rings. The summed E-state index contributed by atoms with van der Waals surface area (Å²) in [6.07, 6.45) is -3.46. The van der Waals surface area contributed by atoms with Crippen LogP contribution in [0.4, 0.5) is 24.7 Å². The molecular weight excluding hydrogens is 483 g/mol. The van der Waals surface area contributed by atoms with Gasteiger partial charge in [-0.2, -0.15) is 13.2 Å². The summed E-state index contributed by atoms with van der Waals surface area (Å²) < 4.78 is 71.9. The van der Waals surface area contributed by atoms with Gasteiger partial charge in [0, 0.05) is 11.6 Å². The van der Waals surface area contributed by atoms with Gasteiger partial charge in [0.15, 0.2) is 0 Å². The number of carbonyl (C=O) groups is 1. The quantitative estimate of drug-likeness (QED) is 0.446. The first-order valence-electron chi connectivity index (χ1n) is 9.28. The third-order valence-electron chi connectivity index (χ3n) is 4.38. The minimum atomic E-state index is -4.67. The van der Waals surface area contributed by atoms with E-state index in [4.69, 9.17) is 16.1 Å². The first-order valence-corrected chi connectivity index (χ1v) is 11.1. The first-order chi connectivity index (χ1) is 15.4. The molecule has 33 heavy (non-hydrogen) atoms. The van der Waals surface area contributed by atoms with Crippen LogP contribution in [0.5, 0.6) is 0 Å². The monoisotopic (exact) mass is 499 g/mol. The highest BCUT2D eigenvalue weighted by molar-refractivity contribution is 7.93. The number of benzene rings is 2. The molecule has 0 bridgehead atoms. The van der Waals surface area contributed by atoms with Gasteiger partial charge in [0.25, 0.3) is 15.9 Å². The van der Waals surface area contributed by atoms with Crippen molar-refractivity contribution in [1.82, 2.24) is 5.16 Å². The first kappa shape index (κ1) is 24.3. The zero-order valence-electron chi connectivity index (χ0n) is 17.1. The molecule has 0 aliphatic rings. The Labute approximate surface area is 192 Å². The van der Waals surface area contributed by atoms with Crippen molar-refractivity contribution in [2.75, 3.05) is 16.2 Å². The Bertz CT molecular complexity index is 1310. The molecule has 1 N–H and O–H groups in total. The fourth-order valence-corrected chi connectivity index (χ4v) is 4.80. The zero-order valence-corrected chi connectivity index (χ0v) is 18.6. The van der Waals surface area contributed by atoms with Crippen molar-refractivity contribution in [3.63, 3.8) is 0 Å². The standard InChI is InChI=1S/C21H17ClF3N3O4S/c1-3-9-28(16-6-4-5-15(12-16)21(23,24)25)33(30,31)18-11-14(7-8-17(18)22)20(29)26-19-10-13(2)27-32-19/h3-8,10-12H,1,9H2,2H3,(H,26,29). The van der Waals surface area contributed by atoms with Crippen LogP contribution in [-0.2, 0) is 16.2 Å². The Morgan fingerprint density at radius 1 is 1.24 bits per heavy atom. The van der Waals surface area contributed by atoms with Gasteiger partial charge in [-0.05, 0) is 43.3 Å². The maximum Gasteiger partial charge on any atom is 0.416 e. The largest absolute Gasteiger partial charge is 0.416 e. The third-order valence-corrected chi connectivity index (χ3v) is 6.66. The van der Waals surface area contributed by atoms with Gasteiger partial charge in [-0.1, -0.05) is 28.9 Å². The Hall–Kier alpha value is -3.31. The highest BCUT2D eigenvalue weighted by Gasteiger charge is 2.33. The number of amides is 1. The second-order valence-corrected chi connectivity index (χ2v) is 9.04. The summed E-state index contributed by atoms with van der Waals surface area (Å²) in [4.78, 5) is 12.1. The molecule has 0 aliphatic carbocycles. The van der Waals surface area contributed by atoms with Gasteiger partial charge in [-0.15, -0.1) is 6.58 Å². The summed E-state index contributed by atoms with van der Waals surface area (Å²) in [5, 5.41) is 5.84. The van der Waals surface area contributed by atoms with Crippen LogP contribution in [0.25, 0.3) is 0 Å². The SMILES string of the molecule is C=CCN(c1cccc(C(F)(F)F)c1)S(=O)(=O)c1cc(C(=O)Nc2cc(C)no2)ccc1Cl. The van der Waals surface area contributed by atoms with E-state index < -0.39 is 32.6 Å². The zero-order chi connectivity index (χ0) is 24.4. The molecule has 1 aromatic heterocycles. The summed E-state index contributed by atoms with van der Waals surface area (Å²) in [6, 6.07) is 8.82. The number of nitrogens with one attached hydrogen (secondary N) is 1. The Morgan fingerprint density at radius 2 is 1.97 bits per heavy atom. The molecule has 3 rings (SSSR count). The highest BCUT2D eigenvalue weighted by Crippen LogP contribution is 2.34. The van der Waals surface area contributed by atoms with Crippen molar-refractivity contribution < 1.29 is 30.9 Å². The predicted molar refractivity (Wildman–Crippen MR) is 117 cm³/mol. The van der Waals surface area contributed by atoms with Gasteiger partial charge >= 0.3 is 6.18 Å². The minimum absolute atomic E-state index is 0.0501. The van der Waals surface area contributed by atoms with E-state index >= 15 is 0 Å². The molecule has 0 saturated carbocycles. The maximum atomic E-state index is 13.4. The number of aryl methyl sites for hydroxylation is 1. The Morgan fingerprint density at radius 3 is 2.58 bits per heavy atom. The van der Waals surface area contributed by atoms with Crippen molar-refractivity contribution in [2.45, 2.75) is 18.0 Å². The van der Waals surface area contributed by atoms with E-state index in [1.165, 1.54) is 30.3 Å². The van der Waals surface area contributed by atoms with Gasteiger partial charge in [-0.3, -0.25) is 14.4 Å². The summed E-state index contributed by atoms with van der Waals surface area (Å²) in [5.74, 6) is -0.650. The normalized spacial score (nSPS) is 11.8. The number of rotatable bonds is 7. The number of sulfonamides is 1. The molecule has 0 atom stereocenters. The molecular formula is C21H17ClF3N3O4S. The van der Waals surface area contributed by atoms with E-state index in [9.17, 15) is 26.4 Å². The summed E-state index contributed by atoms with van der Waals surface area (Å²) in [6.45, 7) is 4.79. The topological polar surface area (TPSA) is 92.5 Å². The van der Waals surface area contributed by atoms with Crippen LogP contribution in [0.1, 0.15) is 21.6 Å². The van der Waals surface area contributed by atoms with Crippen LogP contribution in [0.3, 0.4) is 0 Å². The van der Waals surface area contributed by atoms with Gasteiger partial charge in [-0.25, -0.2) is 8.42 Å². The molecule has 174 valence electrons. The van der Waals surface area contributed by atoms with Gasteiger partial charge in [0.1, 0.15) is 4.90 Å². The van der Waals surface area contributed by atoms with Gasteiger partial charge in [0.2, 0.25) is 5.88 Å². The molecule has 0 unspecified atom stereocenters. The number of carbonyl (C=O) groups excluding carboxylic acids is 1. The highest BCUT2D eigenvalue weighted by atomic mass is 35.5. The molecule has 1 amide bonds. The summed E-state index contributed by atoms with van der Waals surface area (Å²) >= 11 is 6.11. The predicted octanol–water partition coefficient (Wildman–Crippen LogP) is 5.29. The fourth-order valence-electron chi connectivity index (χ4n) is 2.86. The summed E-state index contributed by atoms with van der Waals surface area (Å²) in [7, 11) is -4.49. The van der Waals surface area contributed by atoms with Crippen molar-refractivity contribution in [3.8, 4) is 0 Å². The lowest BCUT2D eigenvalue weighted by Crippen LogP contribution is -2.32. The van der Waals surface area contributed by atoms with E-state index in [1.807, 2.05) is 0 Å². The van der Waals surface area contributed by atoms with Crippen LogP contribution in [0.15, 0.2) is 70.6 Å². The van der Waals surface area contributed by atoms with Crippen molar-refractivity contribution >= 4 is 39.1 Å². The lowest BCUT2D eigenvalue weighted by molar-refractivity contribution is -0.137. The van der Waals surface area contributed by atoms with Gasteiger partial charge < -0.3 is 4.52 Å². The molecule has 1 heterocycles. The molecule has 7 nitrogen and oxygen atoms in total. The number of alkyl halides is 3. The number of aromatic nitrogens is 1. The van der Waals surface area contributed by atoms with Crippen LogP contribution in [-0.4, -0.2) is 26.0 Å². The lowest BCUT2D eigenvalue weighted by Gasteiger charge is -2.24. The number of halogens is 4. The van der Waals surface area contributed by atoms with Crippen LogP contribution in [0, 0.1) is 6.92 Å². The van der Waals surface area contributed by atoms with E-state index in [1.54, 1.807) is 6.92 Å². The number of hydrogen-bond donors (Lipinski definition) is 1. The smallest absolute Gasteiger partial charge is 0.338 e. The molecule has 2 aromatic carbocycles. The minimum Gasteiger partial charge on any atom is -0.338 e. The second kappa shape index (κ2) is 9.28. The van der Waals surface area contributed by atoms with Crippen molar-refractivity contribution in [2.24, 2.45) is 0 Å². The Kier molecular flexibility index (Phi) is 6.84. The average Bonchev–Trinajstić information content (AvgIpc) is 3.16. The summed E-state index contributed by atoms with van der Waals surface area (Å²) in [5.41, 5.74) is -0.820. The van der Waals surface area contributed by atoms with Gasteiger partial charge in [0.05, 0.1) is 28.5 Å². The fraction of sp³-hybridized carbons (Fsp3) is 0.143. The third kappa shape index (κ3) is 5.37. The maximum absolute atomic E-state index is 13.4. The molecule has 3 aromatic rings. The molecule has 0 saturated heterocycles. The molecule has 12 heteroatoms. The van der Waals surface area contributed by atoms with Crippen LogP contribution in [0.2, 0.25) is 5.02 Å².